The Kier molecular flexibility index (Phi) is 6.33. The van der Waals surface area contributed by atoms with Gasteiger partial charge in [0.25, 0.3) is 0 Å². The van der Waals surface area contributed by atoms with E-state index in [0.717, 1.165) is 17.1 Å². The molecular weight excluding hydrogens is 290 g/mol. The second kappa shape index (κ2) is 7.75. The van der Waals surface area contributed by atoms with Crippen LogP contribution in [0, 0.1) is 6.92 Å². The fourth-order valence-electron chi connectivity index (χ4n) is 1.79. The molecule has 0 aliphatic carbocycles. The van der Waals surface area contributed by atoms with E-state index < -0.39 is 0 Å². The van der Waals surface area contributed by atoms with E-state index in [0.29, 0.717) is 18.7 Å². The van der Waals surface area contributed by atoms with E-state index in [1.165, 1.54) is 0 Å². The number of nitrogens with zero attached hydrogens (tertiary/aromatic N) is 2. The third kappa shape index (κ3) is 5.17. The summed E-state index contributed by atoms with van der Waals surface area (Å²) in [6, 6.07) is 7.49. The van der Waals surface area contributed by atoms with Crippen LogP contribution in [0.1, 0.15) is 25.6 Å². The second-order valence-electron chi connectivity index (χ2n) is 4.89. The summed E-state index contributed by atoms with van der Waals surface area (Å²) in [6.45, 7) is 3.73. The van der Waals surface area contributed by atoms with Crippen LogP contribution >= 0.6 is 12.4 Å². The molecule has 114 valence electrons. The highest BCUT2D eigenvalue weighted by molar-refractivity contribution is 5.91. The van der Waals surface area contributed by atoms with Crippen molar-refractivity contribution >= 4 is 24.0 Å². The fourth-order valence-corrected chi connectivity index (χ4v) is 1.79. The molecule has 6 nitrogen and oxygen atoms in total. The molecule has 0 radical (unpaired) electrons. The predicted octanol–water partition coefficient (Wildman–Crippen LogP) is 2.27. The average molecular weight is 310 g/mol. The molecule has 1 heterocycles. The number of nitrogens with one attached hydrogen (secondary N) is 2. The van der Waals surface area contributed by atoms with Gasteiger partial charge < -0.3 is 11.1 Å². The number of carbonyl (C=O) groups is 1. The van der Waals surface area contributed by atoms with Gasteiger partial charge in [-0.1, -0.05) is 12.1 Å². The molecule has 21 heavy (non-hydrogen) atoms. The largest absolute Gasteiger partial charge is 0.328 e. The van der Waals surface area contributed by atoms with Crippen LogP contribution in [0.5, 0.6) is 0 Å². The van der Waals surface area contributed by atoms with Crippen LogP contribution in [0.4, 0.5) is 5.69 Å². The lowest BCUT2D eigenvalue weighted by molar-refractivity contribution is -0.116. The molecule has 0 aliphatic heterocycles. The van der Waals surface area contributed by atoms with Gasteiger partial charge in [0, 0.05) is 23.7 Å². The van der Waals surface area contributed by atoms with Gasteiger partial charge in [0.05, 0.1) is 0 Å². The van der Waals surface area contributed by atoms with Crippen LogP contribution in [0.2, 0.25) is 0 Å². The number of hydrogen-bond acceptors (Lipinski definition) is 4. The molecule has 0 fully saturated rings. The lowest BCUT2D eigenvalue weighted by Gasteiger charge is -2.07. The van der Waals surface area contributed by atoms with Crippen molar-refractivity contribution in [3.63, 3.8) is 0 Å². The number of H-pyrrole nitrogens is 1. The number of aromatic amines is 1. The minimum Gasteiger partial charge on any atom is -0.328 e. The number of amides is 1. The van der Waals surface area contributed by atoms with E-state index >= 15 is 0 Å². The van der Waals surface area contributed by atoms with E-state index in [1.54, 1.807) is 0 Å². The summed E-state index contributed by atoms with van der Waals surface area (Å²) in [5.41, 5.74) is 7.23. The Bertz CT molecular complexity index is 597. The average Bonchev–Trinajstić information content (AvgIpc) is 2.83. The van der Waals surface area contributed by atoms with Crippen molar-refractivity contribution in [3.05, 3.63) is 30.1 Å². The van der Waals surface area contributed by atoms with Crippen molar-refractivity contribution in [2.24, 2.45) is 5.73 Å². The first-order chi connectivity index (χ1) is 9.54. The zero-order chi connectivity index (χ0) is 14.5. The predicted molar refractivity (Wildman–Crippen MR) is 85.3 cm³/mol. The molecule has 2 aromatic rings. The van der Waals surface area contributed by atoms with E-state index in [2.05, 4.69) is 20.5 Å². The van der Waals surface area contributed by atoms with Crippen LogP contribution in [0.25, 0.3) is 11.4 Å². The molecule has 0 aliphatic rings. The highest BCUT2D eigenvalue weighted by atomic mass is 35.5. The maximum absolute atomic E-state index is 11.8. The van der Waals surface area contributed by atoms with Crippen molar-refractivity contribution in [1.29, 1.82) is 0 Å². The molecule has 0 saturated heterocycles. The Hall–Kier alpha value is -1.92. The van der Waals surface area contributed by atoms with Crippen LogP contribution in [-0.2, 0) is 4.79 Å². The summed E-state index contributed by atoms with van der Waals surface area (Å²) in [6.07, 6.45) is 1.09. The molecule has 1 aromatic carbocycles. The van der Waals surface area contributed by atoms with Gasteiger partial charge in [0.15, 0.2) is 5.82 Å². The molecule has 1 unspecified atom stereocenters. The maximum Gasteiger partial charge on any atom is 0.224 e. The summed E-state index contributed by atoms with van der Waals surface area (Å²) >= 11 is 0. The van der Waals surface area contributed by atoms with Gasteiger partial charge in [-0.3, -0.25) is 9.89 Å². The lowest BCUT2D eigenvalue weighted by atomic mass is 10.1. The lowest BCUT2D eigenvalue weighted by Crippen LogP contribution is -2.19. The topological polar surface area (TPSA) is 96.7 Å². The molecule has 0 bridgehead atoms. The Morgan fingerprint density at radius 1 is 1.48 bits per heavy atom. The first-order valence-corrected chi connectivity index (χ1v) is 6.59. The van der Waals surface area contributed by atoms with Crippen molar-refractivity contribution < 1.29 is 4.79 Å². The monoisotopic (exact) mass is 309 g/mol. The summed E-state index contributed by atoms with van der Waals surface area (Å²) in [5, 5.41) is 9.75. The van der Waals surface area contributed by atoms with Crippen LogP contribution < -0.4 is 11.1 Å². The number of aryl methyl sites for hydroxylation is 1. The number of nitrogens with two attached hydrogens (primary N) is 1. The van der Waals surface area contributed by atoms with Crippen molar-refractivity contribution in [3.8, 4) is 11.4 Å². The van der Waals surface area contributed by atoms with Gasteiger partial charge >= 0.3 is 0 Å². The minimum absolute atomic E-state index is 0. The number of benzene rings is 1. The highest BCUT2D eigenvalue weighted by Crippen LogP contribution is 2.19. The van der Waals surface area contributed by atoms with E-state index in [1.807, 2.05) is 38.1 Å². The smallest absolute Gasteiger partial charge is 0.224 e. The van der Waals surface area contributed by atoms with Crippen LogP contribution in [-0.4, -0.2) is 27.1 Å². The first-order valence-electron chi connectivity index (χ1n) is 6.59. The minimum atomic E-state index is -0.0365. The molecule has 7 heteroatoms. The number of aromatic nitrogens is 3. The Labute approximate surface area is 129 Å². The maximum atomic E-state index is 11.8. The highest BCUT2D eigenvalue weighted by Gasteiger charge is 2.07. The number of rotatable bonds is 5. The van der Waals surface area contributed by atoms with E-state index in [9.17, 15) is 4.79 Å². The van der Waals surface area contributed by atoms with Crippen molar-refractivity contribution in [1.82, 2.24) is 15.2 Å². The number of halogens is 1. The molecular formula is C14H20ClN5O. The molecule has 1 aromatic heterocycles. The van der Waals surface area contributed by atoms with Gasteiger partial charge in [0.1, 0.15) is 5.82 Å². The summed E-state index contributed by atoms with van der Waals surface area (Å²) < 4.78 is 0. The SMILES string of the molecule is Cc1nc(-c2cccc(NC(=O)CCC(C)N)c2)n[nH]1.Cl. The van der Waals surface area contributed by atoms with E-state index in [4.69, 9.17) is 5.73 Å². The summed E-state index contributed by atoms with van der Waals surface area (Å²) in [5.74, 6) is 1.34. The zero-order valence-corrected chi connectivity index (χ0v) is 12.9. The summed E-state index contributed by atoms with van der Waals surface area (Å²) in [4.78, 5) is 16.0. The molecule has 1 amide bonds. The number of anilines is 1. The van der Waals surface area contributed by atoms with Gasteiger partial charge in [0.2, 0.25) is 5.91 Å². The Morgan fingerprint density at radius 3 is 2.86 bits per heavy atom. The first kappa shape index (κ1) is 17.1. The normalized spacial score (nSPS) is 11.6. The summed E-state index contributed by atoms with van der Waals surface area (Å²) in [7, 11) is 0. The van der Waals surface area contributed by atoms with Crippen LogP contribution in [0.3, 0.4) is 0 Å². The second-order valence-corrected chi connectivity index (χ2v) is 4.89. The molecule has 2 rings (SSSR count). The standard InChI is InChI=1S/C14H19N5O.ClH/c1-9(15)6-7-13(20)17-12-5-3-4-11(8-12)14-16-10(2)18-19-14;/h3-5,8-9H,6-7,15H2,1-2H3,(H,17,20)(H,16,18,19);1H. The third-order valence-electron chi connectivity index (χ3n) is 2.83. The number of carbonyl (C=O) groups excluding carboxylic acids is 1. The fraction of sp³-hybridized carbons (Fsp3) is 0.357. The molecule has 0 saturated carbocycles. The molecule has 1 atom stereocenters. The van der Waals surface area contributed by atoms with Gasteiger partial charge in [-0.05, 0) is 32.4 Å². The van der Waals surface area contributed by atoms with Crippen molar-refractivity contribution in [2.45, 2.75) is 32.7 Å². The van der Waals surface area contributed by atoms with Gasteiger partial charge in [-0.25, -0.2) is 4.98 Å². The molecule has 4 N–H and O–H groups in total. The van der Waals surface area contributed by atoms with Gasteiger partial charge in [-0.15, -0.1) is 12.4 Å². The Balaban J connectivity index is 0.00000220. The van der Waals surface area contributed by atoms with E-state index in [-0.39, 0.29) is 24.4 Å². The van der Waals surface area contributed by atoms with Crippen LogP contribution in [0.15, 0.2) is 24.3 Å². The van der Waals surface area contributed by atoms with Crippen molar-refractivity contribution in [2.75, 3.05) is 5.32 Å². The quantitative estimate of drug-likeness (QED) is 0.789. The third-order valence-corrected chi connectivity index (χ3v) is 2.83. The zero-order valence-electron chi connectivity index (χ0n) is 12.1. The molecule has 0 spiro atoms. The van der Waals surface area contributed by atoms with Gasteiger partial charge in [-0.2, -0.15) is 5.10 Å². The number of hydrogen-bond donors (Lipinski definition) is 3. The Morgan fingerprint density at radius 2 is 2.24 bits per heavy atom.